The van der Waals surface area contributed by atoms with Crippen LogP contribution in [0.4, 0.5) is 4.79 Å². The molecule has 0 aliphatic rings. The maximum atomic E-state index is 11.5. The van der Waals surface area contributed by atoms with E-state index >= 15 is 0 Å². The number of nitrogens with one attached hydrogen (secondary N) is 2. The standard InChI is InChI=1S/C12H22N2O5/c1-5-19-11(17)8(4)14-12(18)13-6-9(7(2)3)10(15)16/h7-9H,5-6H2,1-4H3,(H,15,16)(H2,13,14,18). The SMILES string of the molecule is CCOC(=O)C(C)NC(=O)NCC(C(=O)O)C(C)C. The molecule has 110 valence electrons. The molecule has 0 aromatic carbocycles. The second-order valence-electron chi connectivity index (χ2n) is 4.52. The second-order valence-corrected chi connectivity index (χ2v) is 4.52. The van der Waals surface area contributed by atoms with Gasteiger partial charge in [-0.25, -0.2) is 9.59 Å². The number of amides is 2. The number of aliphatic carboxylic acids is 1. The first kappa shape index (κ1) is 17.2. The average Bonchev–Trinajstić information content (AvgIpc) is 2.28. The van der Waals surface area contributed by atoms with Crippen LogP contribution in [0.15, 0.2) is 0 Å². The van der Waals surface area contributed by atoms with E-state index in [1.807, 2.05) is 0 Å². The topological polar surface area (TPSA) is 105 Å². The molecule has 2 unspecified atom stereocenters. The molecule has 2 atom stereocenters. The quantitative estimate of drug-likeness (QED) is 0.589. The molecule has 3 N–H and O–H groups in total. The fraction of sp³-hybridized carbons (Fsp3) is 0.750. The summed E-state index contributed by atoms with van der Waals surface area (Å²) in [4.78, 5) is 33.7. The Balaban J connectivity index is 4.17. The monoisotopic (exact) mass is 274 g/mol. The summed E-state index contributed by atoms with van der Waals surface area (Å²) in [6, 6.07) is -1.37. The highest BCUT2D eigenvalue weighted by Gasteiger charge is 2.23. The maximum absolute atomic E-state index is 11.5. The minimum atomic E-state index is -0.964. The lowest BCUT2D eigenvalue weighted by Gasteiger charge is -2.18. The summed E-state index contributed by atoms with van der Waals surface area (Å²) in [7, 11) is 0. The lowest BCUT2D eigenvalue weighted by atomic mass is 9.96. The van der Waals surface area contributed by atoms with Crippen molar-refractivity contribution in [3.05, 3.63) is 0 Å². The third-order valence-corrected chi connectivity index (χ3v) is 2.59. The first-order chi connectivity index (χ1) is 8.79. The fourth-order valence-corrected chi connectivity index (χ4v) is 1.38. The number of esters is 1. The van der Waals surface area contributed by atoms with Gasteiger partial charge in [0.2, 0.25) is 0 Å². The van der Waals surface area contributed by atoms with E-state index in [0.29, 0.717) is 0 Å². The molecule has 7 heteroatoms. The molecule has 19 heavy (non-hydrogen) atoms. The van der Waals surface area contributed by atoms with E-state index in [1.165, 1.54) is 6.92 Å². The van der Waals surface area contributed by atoms with Crippen LogP contribution < -0.4 is 10.6 Å². The molecule has 7 nitrogen and oxygen atoms in total. The van der Waals surface area contributed by atoms with Gasteiger partial charge in [0.05, 0.1) is 12.5 Å². The van der Waals surface area contributed by atoms with E-state index in [-0.39, 0.29) is 19.1 Å². The van der Waals surface area contributed by atoms with Crippen molar-refractivity contribution in [2.45, 2.75) is 33.7 Å². The third kappa shape index (κ3) is 6.64. The normalized spacial score (nSPS) is 13.5. The molecular formula is C12H22N2O5. The van der Waals surface area contributed by atoms with Gasteiger partial charge in [-0.3, -0.25) is 4.79 Å². The number of carboxylic acid groups (broad SMARTS) is 1. The number of carbonyl (C=O) groups excluding carboxylic acids is 2. The van der Waals surface area contributed by atoms with Crippen molar-refractivity contribution < 1.29 is 24.2 Å². The molecule has 0 radical (unpaired) electrons. The predicted octanol–water partition coefficient (Wildman–Crippen LogP) is 0.594. The van der Waals surface area contributed by atoms with Gasteiger partial charge in [-0.1, -0.05) is 13.8 Å². The van der Waals surface area contributed by atoms with Crippen LogP contribution in [0.1, 0.15) is 27.7 Å². The van der Waals surface area contributed by atoms with Gasteiger partial charge in [0.25, 0.3) is 0 Å². The zero-order chi connectivity index (χ0) is 15.0. The van der Waals surface area contributed by atoms with Crippen molar-refractivity contribution in [3.8, 4) is 0 Å². The number of carbonyl (C=O) groups is 3. The Hall–Kier alpha value is -1.79. The van der Waals surface area contributed by atoms with Gasteiger partial charge < -0.3 is 20.5 Å². The first-order valence-corrected chi connectivity index (χ1v) is 6.23. The fourth-order valence-electron chi connectivity index (χ4n) is 1.38. The number of carboxylic acids is 1. The smallest absolute Gasteiger partial charge is 0.328 e. The molecule has 0 aliphatic carbocycles. The molecule has 2 amide bonds. The molecule has 0 bridgehead atoms. The molecule has 0 spiro atoms. The minimum Gasteiger partial charge on any atom is -0.481 e. The van der Waals surface area contributed by atoms with Crippen molar-refractivity contribution in [1.82, 2.24) is 10.6 Å². The molecule has 0 heterocycles. The van der Waals surface area contributed by atoms with E-state index in [0.717, 1.165) is 0 Å². The Morgan fingerprint density at radius 3 is 2.21 bits per heavy atom. The van der Waals surface area contributed by atoms with Crippen molar-refractivity contribution in [1.29, 1.82) is 0 Å². The molecule has 0 saturated heterocycles. The molecule has 0 fully saturated rings. The maximum Gasteiger partial charge on any atom is 0.328 e. The Kier molecular flexibility index (Phi) is 7.55. The van der Waals surface area contributed by atoms with Crippen LogP contribution in [-0.4, -0.2) is 42.3 Å². The number of hydrogen-bond donors (Lipinski definition) is 3. The van der Waals surface area contributed by atoms with E-state index < -0.39 is 29.9 Å². The summed E-state index contributed by atoms with van der Waals surface area (Å²) >= 11 is 0. The highest BCUT2D eigenvalue weighted by atomic mass is 16.5. The molecule has 0 aromatic rings. The third-order valence-electron chi connectivity index (χ3n) is 2.59. The predicted molar refractivity (Wildman–Crippen MR) is 68.6 cm³/mol. The Morgan fingerprint density at radius 2 is 1.79 bits per heavy atom. The number of ether oxygens (including phenoxy) is 1. The van der Waals surface area contributed by atoms with Crippen LogP contribution in [0.3, 0.4) is 0 Å². The van der Waals surface area contributed by atoms with Crippen LogP contribution in [0, 0.1) is 11.8 Å². The molecule has 0 aromatic heterocycles. The van der Waals surface area contributed by atoms with Crippen LogP contribution in [0.5, 0.6) is 0 Å². The number of hydrogen-bond acceptors (Lipinski definition) is 4. The van der Waals surface area contributed by atoms with Gasteiger partial charge in [0.1, 0.15) is 6.04 Å². The summed E-state index contributed by atoms with van der Waals surface area (Å²) in [5.74, 6) is -2.26. The highest BCUT2D eigenvalue weighted by Crippen LogP contribution is 2.09. The summed E-state index contributed by atoms with van der Waals surface area (Å²) in [6.07, 6.45) is 0. The summed E-state index contributed by atoms with van der Waals surface area (Å²) < 4.78 is 4.73. The van der Waals surface area contributed by atoms with Gasteiger partial charge in [0, 0.05) is 6.54 Å². The zero-order valence-corrected chi connectivity index (χ0v) is 11.7. The van der Waals surface area contributed by atoms with Crippen LogP contribution in [0.2, 0.25) is 0 Å². The van der Waals surface area contributed by atoms with E-state index in [9.17, 15) is 14.4 Å². The summed E-state index contributed by atoms with van der Waals surface area (Å²) in [5, 5.41) is 13.8. The van der Waals surface area contributed by atoms with E-state index in [1.54, 1.807) is 20.8 Å². The highest BCUT2D eigenvalue weighted by molar-refractivity contribution is 5.83. The van der Waals surface area contributed by atoms with Crippen LogP contribution >= 0.6 is 0 Å². The molecular weight excluding hydrogens is 252 g/mol. The Morgan fingerprint density at radius 1 is 1.21 bits per heavy atom. The molecule has 0 rings (SSSR count). The second kappa shape index (κ2) is 8.34. The molecule has 0 saturated carbocycles. The van der Waals surface area contributed by atoms with Gasteiger partial charge in [-0.05, 0) is 19.8 Å². The van der Waals surface area contributed by atoms with Crippen molar-refractivity contribution in [2.24, 2.45) is 11.8 Å². The Labute approximate surface area is 112 Å². The summed E-state index contributed by atoms with van der Waals surface area (Å²) in [6.45, 7) is 6.94. The van der Waals surface area contributed by atoms with Crippen LogP contribution in [-0.2, 0) is 14.3 Å². The van der Waals surface area contributed by atoms with Crippen molar-refractivity contribution in [2.75, 3.05) is 13.2 Å². The van der Waals surface area contributed by atoms with E-state index in [2.05, 4.69) is 10.6 Å². The van der Waals surface area contributed by atoms with Gasteiger partial charge >= 0.3 is 18.0 Å². The number of urea groups is 1. The van der Waals surface area contributed by atoms with Gasteiger partial charge in [-0.2, -0.15) is 0 Å². The van der Waals surface area contributed by atoms with E-state index in [4.69, 9.17) is 9.84 Å². The largest absolute Gasteiger partial charge is 0.481 e. The van der Waals surface area contributed by atoms with Crippen molar-refractivity contribution in [3.63, 3.8) is 0 Å². The average molecular weight is 274 g/mol. The lowest BCUT2D eigenvalue weighted by Crippen LogP contribution is -2.47. The van der Waals surface area contributed by atoms with Gasteiger partial charge in [0.15, 0.2) is 0 Å². The lowest BCUT2D eigenvalue weighted by molar-refractivity contribution is -0.145. The Bertz CT molecular complexity index is 330. The zero-order valence-electron chi connectivity index (χ0n) is 11.7. The van der Waals surface area contributed by atoms with Gasteiger partial charge in [-0.15, -0.1) is 0 Å². The first-order valence-electron chi connectivity index (χ1n) is 6.23. The summed E-state index contributed by atoms with van der Waals surface area (Å²) in [5.41, 5.74) is 0. The van der Waals surface area contributed by atoms with Crippen LogP contribution in [0.25, 0.3) is 0 Å². The minimum absolute atomic E-state index is 0.00831. The van der Waals surface area contributed by atoms with Crippen molar-refractivity contribution >= 4 is 18.0 Å². The number of rotatable bonds is 7. The molecule has 0 aliphatic heterocycles.